The Morgan fingerprint density at radius 2 is 1.84 bits per heavy atom. The average Bonchev–Trinajstić information content (AvgIpc) is 2.57. The number of pyridine rings is 2. The van der Waals surface area contributed by atoms with Crippen LogP contribution in [0.3, 0.4) is 0 Å². The number of nitrogens with two attached hydrogens (primary N) is 1. The number of hydrogen-bond acceptors (Lipinski definition) is 4. The van der Waals surface area contributed by atoms with E-state index in [4.69, 9.17) is 5.73 Å². The number of hydrogen-bond donors (Lipinski definition) is 1. The smallest absolute Gasteiger partial charge is 0.0578 e. The molecule has 0 saturated carbocycles. The van der Waals surface area contributed by atoms with Gasteiger partial charge in [-0.1, -0.05) is 26.0 Å². The summed E-state index contributed by atoms with van der Waals surface area (Å²) in [5, 5.41) is 0. The highest BCUT2D eigenvalue weighted by atomic mass is 15.1. The van der Waals surface area contributed by atoms with Crippen LogP contribution in [0.2, 0.25) is 0 Å². The first-order valence-electron chi connectivity index (χ1n) is 9.29. The van der Waals surface area contributed by atoms with Crippen LogP contribution >= 0.6 is 0 Å². The van der Waals surface area contributed by atoms with Crippen LogP contribution in [0.15, 0.2) is 30.6 Å². The van der Waals surface area contributed by atoms with E-state index >= 15 is 0 Å². The molecule has 0 aliphatic carbocycles. The van der Waals surface area contributed by atoms with Gasteiger partial charge in [-0.25, -0.2) is 0 Å². The fraction of sp³-hybridized carbons (Fsp3) is 0.524. The van der Waals surface area contributed by atoms with E-state index in [1.165, 1.54) is 22.4 Å². The van der Waals surface area contributed by atoms with Crippen molar-refractivity contribution in [1.29, 1.82) is 0 Å². The molecule has 2 aromatic rings. The van der Waals surface area contributed by atoms with Crippen molar-refractivity contribution in [3.63, 3.8) is 0 Å². The van der Waals surface area contributed by atoms with Gasteiger partial charge in [0, 0.05) is 25.5 Å². The first-order chi connectivity index (χ1) is 12.0. The number of unbranched alkanes of at least 4 members (excludes halogenated alkanes) is 1. The molecular formula is C21H32N4. The molecule has 0 spiro atoms. The zero-order chi connectivity index (χ0) is 18.2. The molecule has 2 aromatic heterocycles. The summed E-state index contributed by atoms with van der Waals surface area (Å²) >= 11 is 0. The van der Waals surface area contributed by atoms with Crippen molar-refractivity contribution in [2.75, 3.05) is 13.1 Å². The molecule has 0 bridgehead atoms. The summed E-state index contributed by atoms with van der Waals surface area (Å²) in [6.45, 7) is 12.2. The van der Waals surface area contributed by atoms with E-state index in [9.17, 15) is 0 Å². The van der Waals surface area contributed by atoms with Crippen LogP contribution in [0, 0.1) is 13.8 Å². The SMILES string of the molecule is Cc1cnc(CN(CCCCN)Cc2ncccc2C(C)C)c(C)c1. The van der Waals surface area contributed by atoms with Crippen molar-refractivity contribution in [3.05, 3.63) is 58.7 Å². The molecule has 0 aromatic carbocycles. The molecule has 2 heterocycles. The van der Waals surface area contributed by atoms with E-state index in [2.05, 4.69) is 54.7 Å². The number of aromatic nitrogens is 2. The van der Waals surface area contributed by atoms with Gasteiger partial charge in [0.05, 0.1) is 11.4 Å². The average molecular weight is 341 g/mol. The Morgan fingerprint density at radius 1 is 1.08 bits per heavy atom. The van der Waals surface area contributed by atoms with Gasteiger partial charge in [-0.05, 0) is 68.5 Å². The lowest BCUT2D eigenvalue weighted by molar-refractivity contribution is 0.244. The van der Waals surface area contributed by atoms with Gasteiger partial charge in [0.1, 0.15) is 0 Å². The molecule has 0 radical (unpaired) electrons. The van der Waals surface area contributed by atoms with E-state index in [0.29, 0.717) is 5.92 Å². The van der Waals surface area contributed by atoms with Gasteiger partial charge in [-0.2, -0.15) is 0 Å². The molecule has 0 saturated heterocycles. The molecule has 2 rings (SSSR count). The fourth-order valence-corrected chi connectivity index (χ4v) is 3.13. The lowest BCUT2D eigenvalue weighted by Crippen LogP contribution is -2.26. The second-order valence-corrected chi connectivity index (χ2v) is 7.18. The highest BCUT2D eigenvalue weighted by molar-refractivity contribution is 5.25. The summed E-state index contributed by atoms with van der Waals surface area (Å²) < 4.78 is 0. The molecule has 0 aliphatic rings. The van der Waals surface area contributed by atoms with Gasteiger partial charge in [0.15, 0.2) is 0 Å². The van der Waals surface area contributed by atoms with Gasteiger partial charge in [0.2, 0.25) is 0 Å². The van der Waals surface area contributed by atoms with Crippen LogP contribution < -0.4 is 5.73 Å². The molecule has 4 heteroatoms. The van der Waals surface area contributed by atoms with Crippen molar-refractivity contribution in [1.82, 2.24) is 14.9 Å². The Balaban J connectivity index is 2.18. The van der Waals surface area contributed by atoms with Gasteiger partial charge < -0.3 is 5.73 Å². The molecule has 0 fully saturated rings. The summed E-state index contributed by atoms with van der Waals surface area (Å²) in [5.41, 5.74) is 11.8. The van der Waals surface area contributed by atoms with Crippen molar-refractivity contribution in [2.24, 2.45) is 5.73 Å². The minimum atomic E-state index is 0.480. The molecule has 2 N–H and O–H groups in total. The van der Waals surface area contributed by atoms with Crippen LogP contribution in [0.5, 0.6) is 0 Å². The largest absolute Gasteiger partial charge is 0.330 e. The topological polar surface area (TPSA) is 55.0 Å². The second kappa shape index (κ2) is 9.64. The zero-order valence-corrected chi connectivity index (χ0v) is 16.1. The molecule has 25 heavy (non-hydrogen) atoms. The predicted molar refractivity (Wildman–Crippen MR) is 104 cm³/mol. The minimum Gasteiger partial charge on any atom is -0.330 e. The van der Waals surface area contributed by atoms with Crippen molar-refractivity contribution in [3.8, 4) is 0 Å². The lowest BCUT2D eigenvalue weighted by atomic mass is 10.0. The van der Waals surface area contributed by atoms with Gasteiger partial charge >= 0.3 is 0 Å². The highest BCUT2D eigenvalue weighted by Crippen LogP contribution is 2.20. The molecule has 0 amide bonds. The molecular weight excluding hydrogens is 308 g/mol. The summed E-state index contributed by atoms with van der Waals surface area (Å²) in [4.78, 5) is 11.8. The molecule has 136 valence electrons. The third-order valence-electron chi connectivity index (χ3n) is 4.55. The Kier molecular flexibility index (Phi) is 7.53. The third-order valence-corrected chi connectivity index (χ3v) is 4.55. The Morgan fingerprint density at radius 3 is 2.52 bits per heavy atom. The zero-order valence-electron chi connectivity index (χ0n) is 16.1. The van der Waals surface area contributed by atoms with Crippen molar-refractivity contribution in [2.45, 2.75) is 59.5 Å². The van der Waals surface area contributed by atoms with Gasteiger partial charge in [-0.15, -0.1) is 0 Å². The monoisotopic (exact) mass is 340 g/mol. The third kappa shape index (κ3) is 5.91. The second-order valence-electron chi connectivity index (χ2n) is 7.18. The number of rotatable bonds is 9. The highest BCUT2D eigenvalue weighted by Gasteiger charge is 2.14. The van der Waals surface area contributed by atoms with Crippen LogP contribution in [-0.4, -0.2) is 28.0 Å². The van der Waals surface area contributed by atoms with E-state index in [1.807, 2.05) is 18.5 Å². The lowest BCUT2D eigenvalue weighted by Gasteiger charge is -2.24. The van der Waals surface area contributed by atoms with Gasteiger partial charge in [-0.3, -0.25) is 14.9 Å². The number of nitrogens with zero attached hydrogens (tertiary/aromatic N) is 3. The Bertz CT molecular complexity index is 667. The maximum Gasteiger partial charge on any atom is 0.0578 e. The summed E-state index contributed by atoms with van der Waals surface area (Å²) in [6.07, 6.45) is 6.01. The Labute approximate surface area is 152 Å². The molecule has 4 nitrogen and oxygen atoms in total. The van der Waals surface area contributed by atoms with Gasteiger partial charge in [0.25, 0.3) is 0 Å². The summed E-state index contributed by atoms with van der Waals surface area (Å²) in [6, 6.07) is 6.43. The first-order valence-corrected chi connectivity index (χ1v) is 9.29. The maximum atomic E-state index is 5.68. The van der Waals surface area contributed by atoms with Crippen LogP contribution in [0.1, 0.15) is 60.7 Å². The van der Waals surface area contributed by atoms with E-state index < -0.39 is 0 Å². The van der Waals surface area contributed by atoms with E-state index in [-0.39, 0.29) is 0 Å². The van der Waals surface area contributed by atoms with Crippen LogP contribution in [0.4, 0.5) is 0 Å². The molecule has 0 aliphatic heterocycles. The normalized spacial score (nSPS) is 11.5. The summed E-state index contributed by atoms with van der Waals surface area (Å²) in [5.74, 6) is 0.480. The quantitative estimate of drug-likeness (QED) is 0.702. The molecule has 0 unspecified atom stereocenters. The first kappa shape index (κ1) is 19.5. The maximum absolute atomic E-state index is 5.68. The van der Waals surface area contributed by atoms with Crippen LogP contribution in [0.25, 0.3) is 0 Å². The standard InChI is InChI=1S/C21H32N4/c1-16(2)19-8-7-10-23-21(19)15-25(11-6-5-9-22)14-20-18(4)12-17(3)13-24-20/h7-8,10,12-13,16H,5-6,9,11,14-15,22H2,1-4H3. The van der Waals surface area contributed by atoms with E-state index in [0.717, 1.165) is 44.7 Å². The number of aryl methyl sites for hydroxylation is 2. The van der Waals surface area contributed by atoms with Crippen LogP contribution in [-0.2, 0) is 13.1 Å². The van der Waals surface area contributed by atoms with E-state index in [1.54, 1.807) is 0 Å². The predicted octanol–water partition coefficient (Wildman–Crippen LogP) is 3.96. The van der Waals surface area contributed by atoms with Crippen molar-refractivity contribution < 1.29 is 0 Å². The summed E-state index contributed by atoms with van der Waals surface area (Å²) in [7, 11) is 0. The van der Waals surface area contributed by atoms with Crippen molar-refractivity contribution >= 4 is 0 Å². The minimum absolute atomic E-state index is 0.480. The fourth-order valence-electron chi connectivity index (χ4n) is 3.13. The molecule has 0 atom stereocenters. The Hall–Kier alpha value is -1.78.